The molecule has 12 amide bonds. The van der Waals surface area contributed by atoms with Crippen molar-refractivity contribution >= 4 is 111 Å². The van der Waals surface area contributed by atoms with Gasteiger partial charge in [0.25, 0.3) is 11.8 Å². The number of phenolic OH excluding ortho intramolecular Hbond substituents is 1. The molecule has 14 N–H and O–H groups in total. The summed E-state index contributed by atoms with van der Waals surface area (Å²) in [7, 11) is 0. The van der Waals surface area contributed by atoms with Crippen molar-refractivity contribution in [3.05, 3.63) is 136 Å². The zero-order valence-electron chi connectivity index (χ0n) is 84.2. The lowest BCUT2D eigenvalue weighted by Gasteiger charge is -2.35. The molecule has 4 saturated heterocycles. The van der Waals surface area contributed by atoms with Crippen molar-refractivity contribution in [1.82, 2.24) is 56.5 Å². The summed E-state index contributed by atoms with van der Waals surface area (Å²) < 4.78 is 10.7. The number of piperidine rings is 1. The van der Waals surface area contributed by atoms with E-state index in [9.17, 15) is 92.0 Å². The number of phenols is 1. The summed E-state index contributed by atoms with van der Waals surface area (Å²) in [6.45, 7) is 37.6. The molecular formula is C103H148N14O21S. The number of anilines is 1. The van der Waals surface area contributed by atoms with E-state index in [1.807, 2.05) is 143 Å². The molecule has 0 spiro atoms. The first-order valence-electron chi connectivity index (χ1n) is 48.5. The number of aliphatic hydroxyl groups is 2. The lowest BCUT2D eigenvalue weighted by atomic mass is 9.85. The van der Waals surface area contributed by atoms with Crippen LogP contribution >= 0.6 is 11.3 Å². The molecule has 10 rings (SSSR count). The normalized spacial score (nSPS) is 19.1. The number of aromatic hydroxyl groups is 1. The topological polar surface area (TPSA) is 514 Å². The molecule has 15 atom stereocenters. The third-order valence-corrected chi connectivity index (χ3v) is 25.6. The number of hydrogen-bond donors (Lipinski definition) is 12. The summed E-state index contributed by atoms with van der Waals surface area (Å²) in [5.41, 5.74) is 18.7. The second-order valence-electron chi connectivity index (χ2n) is 40.0. The summed E-state index contributed by atoms with van der Waals surface area (Å²) in [5, 5.41) is 49.8. The highest BCUT2D eigenvalue weighted by molar-refractivity contribution is 7.13. The number of aliphatic hydroxyl groups excluding tert-OH is 2. The first kappa shape index (κ1) is 114. The zero-order valence-corrected chi connectivity index (χ0v) is 85.0. The van der Waals surface area contributed by atoms with Crippen LogP contribution in [0.2, 0.25) is 0 Å². The second kappa shape index (κ2) is 53.0. The van der Waals surface area contributed by atoms with E-state index in [4.69, 9.17) is 20.9 Å². The minimum absolute atomic E-state index is 0.0394. The molecule has 4 fully saturated rings. The summed E-state index contributed by atoms with van der Waals surface area (Å²) in [5.74, 6) is -8.62. The van der Waals surface area contributed by atoms with Crippen LogP contribution in [0.25, 0.3) is 10.4 Å². The Morgan fingerprint density at radius 2 is 1.22 bits per heavy atom. The van der Waals surface area contributed by atoms with Crippen molar-refractivity contribution in [2.24, 2.45) is 52.4 Å². The van der Waals surface area contributed by atoms with Crippen LogP contribution in [-0.2, 0) is 96.0 Å². The van der Waals surface area contributed by atoms with Crippen molar-refractivity contribution in [2.75, 3.05) is 25.0 Å². The Hall–Kier alpha value is -11.7. The molecule has 0 bridgehead atoms. The molecule has 0 radical (unpaired) electrons. The standard InChI is InChI=1S/C41H64N6O9.C26H36N4O4S.C20H31NO4.C16H17N3O4/c1-9-25(6)35(40(54)47-19-11-13-33(47)41(55)56-24(4)5)45-37(51)29(21-28-14-16-30(48)17-15-28)22-34(49)32-12-10-18-46(32)39(53)27(8)43-38(52)31(20-23(2)3)44-36(50)26(7)42;1-15(2)23(32)29-22(26(4,5)6)25(34)30-13-19(31)11-20(30)24(33)27-12-17-7-9-18(10-8-17)21-16(3)28-14-35-21;1-13(2)10-16(20(24)25-14(3)4)12-18(22)19(23)17(21)11-15-8-6-5-7-9-15;1-8(2)17-10-5-3-4-9-13(10)16(23)19(15(9)22)11-6-7-12(20)18-14(11)21/h14-17,23-27,29,31-33,35,48H,9-13,18-22,42H2,1-8H3,(H,43,52)(H,44,50)(H,45,51);7-10,14-15,19-20,22,31H,11-13H2,1-6H3,(H,27,33)(H,29,32);5-9,13-14,16-17,19,23H,10-12,21H2,1-4H3;3-5,8,11,17H,6-7H2,1-2H3,(H,18,20,21)/t25-,26+,27+,29+,31+,32-,33+,35-;19-,20+,22-;16-,17-,19+;/m011./s1. The number of esters is 2. The van der Waals surface area contributed by atoms with E-state index >= 15 is 0 Å². The summed E-state index contributed by atoms with van der Waals surface area (Å²) in [6.07, 6.45) is 1.40. The van der Waals surface area contributed by atoms with E-state index in [2.05, 4.69) is 42.2 Å². The number of nitrogens with zero attached hydrogens (tertiary/aromatic N) is 5. The molecule has 4 aromatic carbocycles. The van der Waals surface area contributed by atoms with Gasteiger partial charge in [-0.25, -0.2) is 9.78 Å². The fourth-order valence-corrected chi connectivity index (χ4v) is 17.9. The number of aromatic nitrogens is 1. The summed E-state index contributed by atoms with van der Waals surface area (Å²) in [6, 6.07) is 20.2. The monoisotopic (exact) mass is 1950 g/mol. The van der Waals surface area contributed by atoms with E-state index in [1.54, 1.807) is 83.2 Å². The van der Waals surface area contributed by atoms with E-state index in [-0.39, 0.29) is 152 Å². The van der Waals surface area contributed by atoms with Gasteiger partial charge in [-0.2, -0.15) is 0 Å². The predicted molar refractivity (Wildman–Crippen MR) is 526 cm³/mol. The fourth-order valence-electron chi connectivity index (χ4n) is 17.1. The van der Waals surface area contributed by atoms with Crippen molar-refractivity contribution in [2.45, 2.75) is 326 Å². The lowest BCUT2D eigenvalue weighted by molar-refractivity contribution is -0.157. The van der Waals surface area contributed by atoms with Gasteiger partial charge in [-0.1, -0.05) is 155 Å². The minimum Gasteiger partial charge on any atom is -0.508 e. The van der Waals surface area contributed by atoms with Crippen LogP contribution in [0.1, 0.15) is 252 Å². The van der Waals surface area contributed by atoms with Crippen molar-refractivity contribution in [1.29, 1.82) is 0 Å². The van der Waals surface area contributed by atoms with Gasteiger partial charge in [0.2, 0.25) is 59.1 Å². The Balaban J connectivity index is 0.000000270. The van der Waals surface area contributed by atoms with Crippen LogP contribution in [-0.4, -0.2) is 245 Å². The SMILES string of the molecule is CC(C)C[C@H](CC(=O)[C@@H](O)[C@H](N)Cc1ccccc1)C(=O)OC(C)C.CC(C)Nc1cccc2c1C(=O)N(C1CCC(=O)NC1=O)C2=O.CC[C@H](C)[C@H](NC(=O)[C@@H](CC(=O)[C@@H]1CCCN1C(=O)[C@@H](C)NC(=O)[C@@H](CC(C)C)NC(=O)[C@@H](C)N)Cc1ccc(O)cc1)C(=O)N1CCC[C@@H]1C(=O)OC(C)C.Cc1ncsc1-c1ccc(CNC(=O)[C@@H]2C[C@@H](O)CN2C(=O)[C@@H](NC(=O)C(C)C)C(C)(C)C)cc1. The summed E-state index contributed by atoms with van der Waals surface area (Å²) in [4.78, 5) is 218. The number of Topliss-reactive ketones (excluding diaryl/α,β-unsaturated/α-hetero) is 2. The molecule has 6 heterocycles. The van der Waals surface area contributed by atoms with Gasteiger partial charge in [-0.05, 0) is 190 Å². The first-order valence-corrected chi connectivity index (χ1v) is 49.4. The third-order valence-electron chi connectivity index (χ3n) is 24.6. The molecule has 0 aliphatic carbocycles. The van der Waals surface area contributed by atoms with Gasteiger partial charge in [0.15, 0.2) is 11.6 Å². The number of carbonyl (C=O) groups is 16. The van der Waals surface area contributed by atoms with Crippen molar-refractivity contribution in [3.63, 3.8) is 0 Å². The molecule has 0 saturated carbocycles. The Bertz CT molecular complexity index is 5070. The van der Waals surface area contributed by atoms with Gasteiger partial charge in [-0.3, -0.25) is 82.1 Å². The van der Waals surface area contributed by atoms with Gasteiger partial charge in [0.05, 0.1) is 63.5 Å². The van der Waals surface area contributed by atoms with Crippen LogP contribution in [0.15, 0.2) is 103 Å². The number of ether oxygens (including phenoxy) is 2. The number of nitrogens with one attached hydrogen (secondary N) is 7. The van der Waals surface area contributed by atoms with Gasteiger partial charge < -0.3 is 82.9 Å². The highest BCUT2D eigenvalue weighted by Crippen LogP contribution is 2.36. The Labute approximate surface area is 820 Å². The maximum absolute atomic E-state index is 14.2. The number of aryl methyl sites for hydroxylation is 1. The van der Waals surface area contributed by atoms with Crippen LogP contribution in [0.3, 0.4) is 0 Å². The number of likely N-dealkylation sites (tertiary alicyclic amines) is 3. The Morgan fingerprint density at radius 1 is 0.619 bits per heavy atom. The summed E-state index contributed by atoms with van der Waals surface area (Å²) >= 11 is 1.59. The molecule has 5 aliphatic rings. The highest BCUT2D eigenvalue weighted by Gasteiger charge is 2.49. The number of fused-ring (bicyclic) bond motifs is 1. The van der Waals surface area contributed by atoms with E-state index < -0.39 is 143 Å². The minimum atomic E-state index is -1.29. The number of thiazole rings is 1. The van der Waals surface area contributed by atoms with Crippen molar-refractivity contribution in [3.8, 4) is 16.2 Å². The van der Waals surface area contributed by atoms with Gasteiger partial charge >= 0.3 is 11.9 Å². The maximum atomic E-state index is 14.2. The first-order chi connectivity index (χ1) is 65.3. The third kappa shape index (κ3) is 33.2. The number of β-amino-alcohol motifs (C(OH)–C–C–N with tert-alkyl or cyclic N) is 1. The lowest BCUT2D eigenvalue weighted by Crippen LogP contribution is -2.58. The number of imide groups is 2. The maximum Gasteiger partial charge on any atom is 0.329 e. The van der Waals surface area contributed by atoms with Gasteiger partial charge in [0.1, 0.15) is 54.1 Å². The van der Waals surface area contributed by atoms with Crippen LogP contribution < -0.4 is 48.7 Å². The number of rotatable bonds is 39. The second-order valence-corrected chi connectivity index (χ2v) is 40.8. The fraction of sp³-hybridized carbons (Fsp3) is 0.583. The van der Waals surface area contributed by atoms with E-state index in [1.165, 1.54) is 40.7 Å². The van der Waals surface area contributed by atoms with Crippen LogP contribution in [0, 0.1) is 47.8 Å². The average Bonchev–Trinajstić information content (AvgIpc) is 1.61. The number of ketones is 2. The molecule has 139 heavy (non-hydrogen) atoms. The molecule has 5 aliphatic heterocycles. The number of hydrogen-bond acceptors (Lipinski definition) is 26. The van der Waals surface area contributed by atoms with Crippen LogP contribution in [0.5, 0.6) is 5.75 Å². The smallest absolute Gasteiger partial charge is 0.329 e. The van der Waals surface area contributed by atoms with E-state index in [0.717, 1.165) is 32.2 Å². The Kier molecular flexibility index (Phi) is 43.6. The Morgan fingerprint density at radius 3 is 1.78 bits per heavy atom. The van der Waals surface area contributed by atoms with Gasteiger partial charge in [0, 0.05) is 81.5 Å². The zero-order chi connectivity index (χ0) is 103. The molecule has 1 aromatic heterocycles. The molecule has 36 heteroatoms. The molecule has 762 valence electrons. The quantitative estimate of drug-likeness (QED) is 0.0129. The molecule has 5 aromatic rings. The molecule has 1 unspecified atom stereocenters. The van der Waals surface area contributed by atoms with Crippen molar-refractivity contribution < 1.29 is 102 Å². The number of benzene rings is 4. The predicted octanol–water partition coefficient (Wildman–Crippen LogP) is 8.64. The van der Waals surface area contributed by atoms with Crippen LogP contribution in [0.4, 0.5) is 5.69 Å². The number of nitrogens with two attached hydrogens (primary N) is 2. The number of amides is 12. The van der Waals surface area contributed by atoms with Gasteiger partial charge in [-0.15, -0.1) is 11.3 Å². The highest BCUT2D eigenvalue weighted by atomic mass is 32.1. The molecule has 35 nitrogen and oxygen atoms in total. The molecular weight excluding hydrogens is 1800 g/mol. The van der Waals surface area contributed by atoms with E-state index in [0.29, 0.717) is 75.7 Å². The largest absolute Gasteiger partial charge is 0.508 e. The average molecular weight is 1950 g/mol. The number of carbonyl (C=O) groups excluding carboxylic acids is 16.